The summed E-state index contributed by atoms with van der Waals surface area (Å²) in [6.07, 6.45) is -1.59. The number of carbonyl (C=O) groups is 1. The van der Waals surface area contributed by atoms with Gasteiger partial charge in [-0.3, -0.25) is 14.6 Å². The number of hydrogen-bond donors (Lipinski definition) is 2. The second-order valence-electron chi connectivity index (χ2n) is 3.93. The summed E-state index contributed by atoms with van der Waals surface area (Å²) in [5.41, 5.74) is -1.02. The number of H-pyrrole nitrogens is 1. The average molecular weight is 288 g/mol. The summed E-state index contributed by atoms with van der Waals surface area (Å²) in [7, 11) is 0. The molecule has 0 unspecified atom stereocenters. The number of hydrogen-bond acceptors (Lipinski definition) is 4. The quantitative estimate of drug-likeness (QED) is 0.832. The molecule has 0 aliphatic carbocycles. The number of rotatable bonds is 5. The van der Waals surface area contributed by atoms with Crippen LogP contribution in [0.25, 0.3) is 0 Å². The van der Waals surface area contributed by atoms with Gasteiger partial charge in [0.05, 0.1) is 0 Å². The topological polar surface area (TPSA) is 88.5 Å². The first kappa shape index (κ1) is 14.0. The predicted octanol–water partition coefficient (Wildman–Crippen LogP) is 0.379. The molecule has 0 fully saturated rings. The van der Waals surface area contributed by atoms with Gasteiger partial charge in [0.15, 0.2) is 5.69 Å². The van der Waals surface area contributed by atoms with Crippen LogP contribution in [0.15, 0.2) is 18.6 Å². The van der Waals surface area contributed by atoms with Gasteiger partial charge in [0.1, 0.15) is 18.7 Å². The third kappa shape index (κ3) is 3.80. The lowest BCUT2D eigenvalue weighted by atomic mass is 10.4. The molecule has 0 spiro atoms. The van der Waals surface area contributed by atoms with Gasteiger partial charge >= 0.3 is 6.18 Å². The molecule has 7 nitrogen and oxygen atoms in total. The van der Waals surface area contributed by atoms with Crippen molar-refractivity contribution >= 4 is 5.91 Å². The first-order chi connectivity index (χ1) is 9.45. The summed E-state index contributed by atoms with van der Waals surface area (Å²) in [5, 5.41) is 12.1. The Bertz CT molecular complexity index is 562. The van der Waals surface area contributed by atoms with E-state index in [9.17, 15) is 18.0 Å². The van der Waals surface area contributed by atoms with Crippen molar-refractivity contribution in [2.75, 3.05) is 6.54 Å². The van der Waals surface area contributed by atoms with E-state index in [0.717, 1.165) is 16.9 Å². The Morgan fingerprint density at radius 2 is 2.25 bits per heavy atom. The fraction of sp³-hybridized carbons (Fsp3) is 0.400. The molecule has 0 saturated carbocycles. The van der Waals surface area contributed by atoms with E-state index in [2.05, 4.69) is 25.6 Å². The van der Waals surface area contributed by atoms with Crippen LogP contribution >= 0.6 is 0 Å². The largest absolute Gasteiger partial charge is 0.435 e. The Morgan fingerprint density at radius 1 is 1.45 bits per heavy atom. The van der Waals surface area contributed by atoms with Gasteiger partial charge in [-0.15, -0.1) is 0 Å². The fourth-order valence-corrected chi connectivity index (χ4v) is 1.48. The van der Waals surface area contributed by atoms with E-state index in [1.54, 1.807) is 0 Å². The third-order valence-electron chi connectivity index (χ3n) is 2.39. The second-order valence-corrected chi connectivity index (χ2v) is 3.93. The van der Waals surface area contributed by atoms with Crippen molar-refractivity contribution in [3.63, 3.8) is 0 Å². The second kappa shape index (κ2) is 5.72. The van der Waals surface area contributed by atoms with E-state index in [4.69, 9.17) is 0 Å². The number of nitrogens with one attached hydrogen (secondary N) is 2. The minimum atomic E-state index is -4.51. The van der Waals surface area contributed by atoms with Gasteiger partial charge in [-0.2, -0.15) is 23.4 Å². The number of alkyl halides is 3. The minimum absolute atomic E-state index is 0.271. The van der Waals surface area contributed by atoms with E-state index < -0.39 is 17.8 Å². The first-order valence-electron chi connectivity index (χ1n) is 5.67. The van der Waals surface area contributed by atoms with Crippen LogP contribution in [0.5, 0.6) is 0 Å². The van der Waals surface area contributed by atoms with Gasteiger partial charge < -0.3 is 5.32 Å². The molecule has 2 N–H and O–H groups in total. The maximum Gasteiger partial charge on any atom is 0.435 e. The number of amides is 1. The zero-order valence-electron chi connectivity index (χ0n) is 10.2. The highest BCUT2D eigenvalue weighted by molar-refractivity contribution is 5.75. The molecule has 0 atom stereocenters. The molecule has 1 amide bonds. The van der Waals surface area contributed by atoms with Crippen LogP contribution < -0.4 is 5.32 Å². The highest BCUT2D eigenvalue weighted by Crippen LogP contribution is 2.27. The lowest BCUT2D eigenvalue weighted by molar-refractivity contribution is -0.141. The highest BCUT2D eigenvalue weighted by Gasteiger charge is 2.33. The van der Waals surface area contributed by atoms with E-state index in [1.165, 1.54) is 6.33 Å². The van der Waals surface area contributed by atoms with E-state index in [-0.39, 0.29) is 6.54 Å². The molecule has 2 aromatic heterocycles. The number of nitrogens with zero attached hydrogens (tertiary/aromatic N) is 4. The van der Waals surface area contributed by atoms with Crippen LogP contribution in [0.2, 0.25) is 0 Å². The SMILES string of the molecule is O=C(Cn1ccc(C(F)(F)F)n1)NCCc1ncn[nH]1. The average Bonchev–Trinajstić information content (AvgIpc) is 2.98. The molecule has 0 aliphatic heterocycles. The van der Waals surface area contributed by atoms with Gasteiger partial charge in [0.25, 0.3) is 0 Å². The van der Waals surface area contributed by atoms with Gasteiger partial charge in [-0.05, 0) is 6.07 Å². The van der Waals surface area contributed by atoms with Crippen molar-refractivity contribution in [1.82, 2.24) is 30.3 Å². The fourth-order valence-electron chi connectivity index (χ4n) is 1.48. The number of aromatic nitrogens is 5. The summed E-state index contributed by atoms with van der Waals surface area (Å²) in [4.78, 5) is 15.4. The van der Waals surface area contributed by atoms with Crippen molar-refractivity contribution in [3.8, 4) is 0 Å². The Hall–Kier alpha value is -2.39. The number of halogens is 3. The first-order valence-corrected chi connectivity index (χ1v) is 5.67. The highest BCUT2D eigenvalue weighted by atomic mass is 19.4. The zero-order chi connectivity index (χ0) is 14.6. The Labute approximate surface area is 111 Å². The van der Waals surface area contributed by atoms with E-state index in [0.29, 0.717) is 18.8 Å². The number of carbonyl (C=O) groups excluding carboxylic acids is 1. The van der Waals surface area contributed by atoms with Crippen LogP contribution in [0.1, 0.15) is 11.5 Å². The van der Waals surface area contributed by atoms with Crippen molar-refractivity contribution in [2.45, 2.75) is 19.1 Å². The maximum atomic E-state index is 12.3. The third-order valence-corrected chi connectivity index (χ3v) is 2.39. The molecule has 0 bridgehead atoms. The maximum absolute atomic E-state index is 12.3. The van der Waals surface area contributed by atoms with Crippen molar-refractivity contribution in [1.29, 1.82) is 0 Å². The summed E-state index contributed by atoms with van der Waals surface area (Å²) in [5.74, 6) is 0.185. The van der Waals surface area contributed by atoms with Crippen LogP contribution in [-0.4, -0.2) is 37.4 Å². The normalized spacial score (nSPS) is 11.6. The van der Waals surface area contributed by atoms with Gasteiger partial charge in [0.2, 0.25) is 5.91 Å². The van der Waals surface area contributed by atoms with Crippen LogP contribution in [0.3, 0.4) is 0 Å². The molecule has 0 aromatic carbocycles. The van der Waals surface area contributed by atoms with Crippen molar-refractivity contribution in [3.05, 3.63) is 30.1 Å². The number of aromatic amines is 1. The summed E-state index contributed by atoms with van der Waals surface area (Å²) in [6.45, 7) is 0.0356. The van der Waals surface area contributed by atoms with Gasteiger partial charge in [0, 0.05) is 19.2 Å². The Morgan fingerprint density at radius 3 is 2.85 bits per heavy atom. The minimum Gasteiger partial charge on any atom is -0.354 e. The molecular formula is C10H11F3N6O. The lowest BCUT2D eigenvalue weighted by Crippen LogP contribution is -2.29. The van der Waals surface area contributed by atoms with E-state index in [1.807, 2.05) is 0 Å². The molecule has 2 aromatic rings. The molecule has 10 heteroatoms. The molecule has 0 radical (unpaired) electrons. The lowest BCUT2D eigenvalue weighted by Gasteiger charge is -2.04. The molecule has 2 heterocycles. The molecule has 20 heavy (non-hydrogen) atoms. The molecular weight excluding hydrogens is 277 g/mol. The van der Waals surface area contributed by atoms with Gasteiger partial charge in [-0.25, -0.2) is 4.98 Å². The van der Waals surface area contributed by atoms with E-state index >= 15 is 0 Å². The van der Waals surface area contributed by atoms with Gasteiger partial charge in [-0.1, -0.05) is 0 Å². The van der Waals surface area contributed by atoms with Crippen molar-refractivity contribution in [2.24, 2.45) is 0 Å². The summed E-state index contributed by atoms with van der Waals surface area (Å²) < 4.78 is 37.9. The smallest absolute Gasteiger partial charge is 0.354 e. The monoisotopic (exact) mass is 288 g/mol. The van der Waals surface area contributed by atoms with Crippen LogP contribution in [0.4, 0.5) is 13.2 Å². The molecule has 0 saturated heterocycles. The summed E-state index contributed by atoms with van der Waals surface area (Å²) in [6, 6.07) is 0.821. The van der Waals surface area contributed by atoms with Crippen LogP contribution in [0, 0.1) is 0 Å². The zero-order valence-corrected chi connectivity index (χ0v) is 10.2. The summed E-state index contributed by atoms with van der Waals surface area (Å²) >= 11 is 0. The van der Waals surface area contributed by atoms with Crippen molar-refractivity contribution < 1.29 is 18.0 Å². The molecule has 0 aliphatic rings. The Balaban J connectivity index is 1.78. The predicted molar refractivity (Wildman–Crippen MR) is 60.3 cm³/mol. The molecule has 108 valence electrons. The van der Waals surface area contributed by atoms with Crippen LogP contribution in [-0.2, 0) is 23.9 Å². The molecule has 2 rings (SSSR count). The Kier molecular flexibility index (Phi) is 4.01. The standard InChI is InChI=1S/C10H11F3N6O/c11-10(12,13)7-2-4-19(18-7)5-9(20)14-3-1-8-15-6-16-17-8/h2,4,6H,1,3,5H2,(H,14,20)(H,15,16,17).